The van der Waals surface area contributed by atoms with Crippen LogP contribution in [0.25, 0.3) is 0 Å². The lowest BCUT2D eigenvalue weighted by Gasteiger charge is -2.23. The highest BCUT2D eigenvalue weighted by Gasteiger charge is 2.26. The van der Waals surface area contributed by atoms with Crippen LogP contribution in [-0.2, 0) is 28.7 Å². The molecule has 9 N–H and O–H groups in total. The summed E-state index contributed by atoms with van der Waals surface area (Å²) in [7, 11) is 0. The normalized spacial score (nSPS) is 8.44. The molecule has 0 fully saturated rings. The molecule has 0 aliphatic carbocycles. The fourth-order valence-electron chi connectivity index (χ4n) is 0.747. The molecule has 226 valence electrons. The second kappa shape index (κ2) is 36.0. The van der Waals surface area contributed by atoms with Crippen LogP contribution in [0.2, 0.25) is 0 Å². The topological polar surface area (TPSA) is 277 Å². The summed E-state index contributed by atoms with van der Waals surface area (Å²) in [6.07, 6.45) is 3.74. The van der Waals surface area contributed by atoms with Crippen LogP contribution in [0.15, 0.2) is 62.8 Å². The van der Waals surface area contributed by atoms with Crippen LogP contribution in [0, 0.1) is 5.41 Å². The van der Waals surface area contributed by atoms with Crippen LogP contribution < -0.4 is 0 Å². The maximum Gasteiger partial charge on any atom is 0.331 e. The van der Waals surface area contributed by atoms with Crippen LogP contribution in [0.1, 0.15) is 13.3 Å². The molecule has 0 heterocycles. The van der Waals surface area contributed by atoms with E-state index in [9.17, 15) is 24.0 Å². The summed E-state index contributed by atoms with van der Waals surface area (Å²) in [5.41, 5.74) is -0.909. The first-order valence-electron chi connectivity index (χ1n) is 10.3. The third-order valence-corrected chi connectivity index (χ3v) is 3.09. The molecular weight excluding hydrogens is 528 g/mol. The minimum Gasteiger partial charge on any atom is -0.478 e. The molecule has 0 aliphatic rings. The number of ether oxygens (including phenoxy) is 1. The average molecular weight is 569 g/mol. The molecular formula is C24H40O15. The summed E-state index contributed by atoms with van der Waals surface area (Å²) in [6.45, 7) is 16.5. The quantitative estimate of drug-likeness (QED) is 0.105. The molecule has 0 aromatic heterocycles. The van der Waals surface area contributed by atoms with Crippen molar-refractivity contribution in [2.24, 2.45) is 5.41 Å². The largest absolute Gasteiger partial charge is 0.478 e. The smallest absolute Gasteiger partial charge is 0.331 e. The summed E-state index contributed by atoms with van der Waals surface area (Å²) in [5.74, 6) is -4.87. The Hall–Kier alpha value is -4.15. The first-order chi connectivity index (χ1) is 18.0. The van der Waals surface area contributed by atoms with Crippen molar-refractivity contribution in [3.8, 4) is 0 Å². The zero-order valence-corrected chi connectivity index (χ0v) is 21.8. The highest BCUT2D eigenvalue weighted by atomic mass is 16.5. The molecule has 0 atom stereocenters. The van der Waals surface area contributed by atoms with Crippen molar-refractivity contribution in [2.75, 3.05) is 39.6 Å². The number of rotatable bonds is 13. The molecule has 15 nitrogen and oxygen atoms in total. The van der Waals surface area contributed by atoms with Crippen molar-refractivity contribution in [1.29, 1.82) is 0 Å². The number of hydrogen-bond donors (Lipinski definition) is 9. The number of carboxylic acids is 5. The predicted molar refractivity (Wildman–Crippen MR) is 140 cm³/mol. The highest BCUT2D eigenvalue weighted by molar-refractivity contribution is 5.85. The number of aliphatic hydroxyl groups excluding tert-OH is 4. The minimum absolute atomic E-state index is 0.202. The molecule has 0 unspecified atom stereocenters. The number of aliphatic carboxylic acids is 5. The number of aliphatic hydroxyl groups is 4. The molecule has 0 radical (unpaired) electrons. The summed E-state index contributed by atoms with van der Waals surface area (Å²) < 4.78 is 4.93. The Bertz CT molecular complexity index is 648. The van der Waals surface area contributed by atoms with Crippen molar-refractivity contribution in [2.45, 2.75) is 13.3 Å². The van der Waals surface area contributed by atoms with E-state index in [2.05, 4.69) is 32.9 Å². The third-order valence-electron chi connectivity index (χ3n) is 3.09. The number of hydrogen-bond acceptors (Lipinski definition) is 10. The van der Waals surface area contributed by atoms with Gasteiger partial charge in [-0.05, 0) is 6.92 Å². The van der Waals surface area contributed by atoms with Gasteiger partial charge in [0.1, 0.15) is 0 Å². The molecule has 0 aromatic carbocycles. The van der Waals surface area contributed by atoms with Crippen LogP contribution in [0.4, 0.5) is 0 Å². The molecule has 0 saturated heterocycles. The van der Waals surface area contributed by atoms with E-state index in [1.165, 1.54) is 0 Å². The summed E-state index contributed by atoms with van der Waals surface area (Å²) in [4.78, 5) is 47.1. The molecule has 0 aromatic rings. The van der Waals surface area contributed by atoms with E-state index in [0.717, 1.165) is 24.3 Å². The van der Waals surface area contributed by atoms with Gasteiger partial charge < -0.3 is 50.7 Å². The van der Waals surface area contributed by atoms with E-state index in [1.54, 1.807) is 0 Å². The van der Waals surface area contributed by atoms with E-state index in [4.69, 9.17) is 50.7 Å². The summed E-state index contributed by atoms with van der Waals surface area (Å²) >= 11 is 0. The molecule has 0 spiro atoms. The minimum atomic E-state index is -1.11. The lowest BCUT2D eigenvalue weighted by molar-refractivity contribution is -0.133. The van der Waals surface area contributed by atoms with Crippen LogP contribution >= 0.6 is 0 Å². The monoisotopic (exact) mass is 568 g/mol. The standard InChI is InChI=1S/C7H12O3.C5H12O4.4C3H4O2/c1-3-10-5-4-6(2)7(8)9;6-1-5(2-7,3-8)4-9;4*1-2-3(4)5/h2-5H2,1H3,(H,8,9);6-9H,1-4H2;4*2H,1H2,(H,4,5). The first-order valence-corrected chi connectivity index (χ1v) is 10.3. The summed E-state index contributed by atoms with van der Waals surface area (Å²) in [6, 6.07) is 0. The summed E-state index contributed by atoms with van der Waals surface area (Å²) in [5, 5.41) is 72.7. The van der Waals surface area contributed by atoms with Crippen molar-refractivity contribution < 1.29 is 74.7 Å². The van der Waals surface area contributed by atoms with E-state index in [1.807, 2.05) is 6.92 Å². The Morgan fingerprint density at radius 1 is 0.641 bits per heavy atom. The van der Waals surface area contributed by atoms with Gasteiger partial charge in [0.25, 0.3) is 0 Å². The Morgan fingerprint density at radius 2 is 0.872 bits per heavy atom. The van der Waals surface area contributed by atoms with Crippen molar-refractivity contribution in [1.82, 2.24) is 0 Å². The third kappa shape index (κ3) is 55.6. The van der Waals surface area contributed by atoms with Gasteiger partial charge in [0.2, 0.25) is 0 Å². The van der Waals surface area contributed by atoms with Gasteiger partial charge in [-0.3, -0.25) is 0 Å². The molecule has 0 bridgehead atoms. The van der Waals surface area contributed by atoms with Gasteiger partial charge in [-0.2, -0.15) is 0 Å². The zero-order chi connectivity index (χ0) is 32.4. The predicted octanol–water partition coefficient (Wildman–Crippen LogP) is 0.0238. The Morgan fingerprint density at radius 3 is 0.974 bits per heavy atom. The second-order valence-electron chi connectivity index (χ2n) is 6.16. The van der Waals surface area contributed by atoms with Crippen LogP contribution in [-0.4, -0.2) is 115 Å². The molecule has 0 amide bonds. The van der Waals surface area contributed by atoms with Gasteiger partial charge in [-0.1, -0.05) is 32.9 Å². The van der Waals surface area contributed by atoms with Crippen molar-refractivity contribution in [3.05, 3.63) is 62.8 Å². The molecule has 0 saturated carbocycles. The zero-order valence-electron chi connectivity index (χ0n) is 21.8. The average Bonchev–Trinajstić information content (AvgIpc) is 2.91. The van der Waals surface area contributed by atoms with Gasteiger partial charge in [0, 0.05) is 42.9 Å². The van der Waals surface area contributed by atoms with E-state index in [-0.39, 0.29) is 5.57 Å². The van der Waals surface area contributed by atoms with Gasteiger partial charge in [0.05, 0.1) is 38.4 Å². The Balaban J connectivity index is -0.0000000864. The van der Waals surface area contributed by atoms with Crippen LogP contribution in [0.3, 0.4) is 0 Å². The van der Waals surface area contributed by atoms with E-state index < -0.39 is 61.7 Å². The van der Waals surface area contributed by atoms with Gasteiger partial charge in [0.15, 0.2) is 0 Å². The highest BCUT2D eigenvalue weighted by Crippen LogP contribution is 2.11. The van der Waals surface area contributed by atoms with Crippen molar-refractivity contribution in [3.63, 3.8) is 0 Å². The second-order valence-corrected chi connectivity index (χ2v) is 6.16. The molecule has 0 rings (SSSR count). The maximum atomic E-state index is 10.1. The van der Waals surface area contributed by atoms with Gasteiger partial charge in [-0.15, -0.1) is 0 Å². The molecule has 39 heavy (non-hydrogen) atoms. The lowest BCUT2D eigenvalue weighted by atomic mass is 9.93. The van der Waals surface area contributed by atoms with E-state index in [0.29, 0.717) is 19.6 Å². The Labute approximate surface area is 226 Å². The maximum absolute atomic E-state index is 10.1. The van der Waals surface area contributed by atoms with Gasteiger partial charge >= 0.3 is 29.8 Å². The molecule has 0 aliphatic heterocycles. The SMILES string of the molecule is C=C(CCOCC)C(=O)O.C=CC(=O)O.C=CC(=O)O.C=CC(=O)O.C=CC(=O)O.OCC(CO)(CO)CO. The van der Waals surface area contributed by atoms with Crippen molar-refractivity contribution >= 4 is 29.8 Å². The number of carbonyl (C=O) groups is 5. The van der Waals surface area contributed by atoms with Gasteiger partial charge in [-0.25, -0.2) is 24.0 Å². The van der Waals surface area contributed by atoms with E-state index >= 15 is 0 Å². The Kier molecular flexibility index (Phi) is 44.3. The van der Waals surface area contributed by atoms with Crippen LogP contribution in [0.5, 0.6) is 0 Å². The fourth-order valence-corrected chi connectivity index (χ4v) is 0.747. The number of carboxylic acid groups (broad SMARTS) is 5. The fraction of sp³-hybridized carbons (Fsp3) is 0.375. The molecule has 15 heteroatoms. The first kappa shape index (κ1) is 48.0. The lowest BCUT2D eigenvalue weighted by Crippen LogP contribution is -2.37.